The smallest absolute Gasteiger partial charge is 0.407 e. The van der Waals surface area contributed by atoms with Gasteiger partial charge >= 0.3 is 12.2 Å². The van der Waals surface area contributed by atoms with Gasteiger partial charge < -0.3 is 39.9 Å². The van der Waals surface area contributed by atoms with Crippen LogP contribution < -0.4 is 10.6 Å². The monoisotopic (exact) mass is 822 g/mol. The number of imidazole rings is 2. The molecule has 61 heavy (non-hydrogen) atoms. The molecule has 4 amide bonds. The summed E-state index contributed by atoms with van der Waals surface area (Å²) in [6, 6.07) is 26.2. The average molecular weight is 823 g/mol. The van der Waals surface area contributed by atoms with Crippen LogP contribution in [0, 0.1) is 11.8 Å². The van der Waals surface area contributed by atoms with Crippen LogP contribution >= 0.6 is 0 Å². The molecule has 14 heteroatoms. The Morgan fingerprint density at radius 1 is 0.787 bits per heavy atom. The summed E-state index contributed by atoms with van der Waals surface area (Å²) in [7, 11) is 2.59. The first-order chi connectivity index (χ1) is 29.6. The fourth-order valence-corrected chi connectivity index (χ4v) is 9.74. The van der Waals surface area contributed by atoms with E-state index >= 15 is 0 Å². The Bertz CT molecular complexity index is 2600. The van der Waals surface area contributed by atoms with Gasteiger partial charge in [-0.1, -0.05) is 86.6 Å². The maximum absolute atomic E-state index is 14.4. The molecule has 4 heterocycles. The number of carbonyl (C=O) groups is 4. The van der Waals surface area contributed by atoms with Gasteiger partial charge in [-0.05, 0) is 83.7 Å². The molecule has 314 valence electrons. The Labute approximate surface area is 353 Å². The number of carbonyl (C=O) groups excluding carboxylic acids is 4. The van der Waals surface area contributed by atoms with Crippen LogP contribution in [0.25, 0.3) is 44.2 Å². The van der Waals surface area contributed by atoms with Crippen molar-refractivity contribution < 1.29 is 28.7 Å². The minimum Gasteiger partial charge on any atom is -0.453 e. The summed E-state index contributed by atoms with van der Waals surface area (Å²) in [5.74, 6) is 1.33. The van der Waals surface area contributed by atoms with Crippen LogP contribution in [0.4, 0.5) is 9.59 Å². The number of H-pyrrole nitrogens is 2. The maximum Gasteiger partial charge on any atom is 0.407 e. The first-order valence-corrected chi connectivity index (χ1v) is 21.1. The zero-order chi connectivity index (χ0) is 42.4. The topological polar surface area (TPSA) is 175 Å². The third-order valence-corrected chi connectivity index (χ3v) is 12.8. The van der Waals surface area contributed by atoms with Crippen molar-refractivity contribution in [2.45, 2.75) is 76.2 Å². The second-order valence-electron chi connectivity index (χ2n) is 16.7. The van der Waals surface area contributed by atoms with Gasteiger partial charge in [0.1, 0.15) is 23.7 Å². The fourth-order valence-electron chi connectivity index (χ4n) is 9.74. The third-order valence-electron chi connectivity index (χ3n) is 12.8. The minimum atomic E-state index is -0.882. The van der Waals surface area contributed by atoms with E-state index < -0.39 is 24.3 Å². The lowest BCUT2D eigenvalue weighted by molar-refractivity contribution is -0.138. The Morgan fingerprint density at radius 2 is 1.52 bits per heavy atom. The van der Waals surface area contributed by atoms with Crippen molar-refractivity contribution in [3.8, 4) is 22.4 Å². The van der Waals surface area contributed by atoms with Crippen LogP contribution in [0.2, 0.25) is 0 Å². The Kier molecular flexibility index (Phi) is 10.7. The number of aromatic amines is 2. The standard InChI is InChI=1S/C47H50N8O6/c1-26(2)38(52-46(58)60-3)44(56)54-22-8-11-37(54)42-48-25-36(50-42)28-14-12-27(13-15-28)30-17-20-34-31(23-30)18-21-35-40(34)51-43(49-35)41-32-16-19-33(24-32)55(41)45(57)39(53-47(59)61-4)29-9-6-5-7-10-29/h5-7,9-10,12-15,17-18,20-21,23,25-26,32-33,37-39,41H,8,11,16,19,22,24H2,1-4H3,(H,48,50)(H,49,51)(H,52,58)(H,53,59)/t32-,33+,37-,38-,39+,41-/m0/s1. The molecule has 6 aromatic rings. The third kappa shape index (κ3) is 7.44. The van der Waals surface area contributed by atoms with Crippen LogP contribution in [0.1, 0.15) is 81.3 Å². The molecule has 4 aromatic carbocycles. The van der Waals surface area contributed by atoms with Gasteiger partial charge in [-0.2, -0.15) is 0 Å². The van der Waals surface area contributed by atoms with E-state index in [9.17, 15) is 19.2 Å². The second-order valence-corrected chi connectivity index (χ2v) is 16.7. The van der Waals surface area contributed by atoms with E-state index in [0.29, 0.717) is 12.1 Å². The number of nitrogens with one attached hydrogen (secondary N) is 4. The van der Waals surface area contributed by atoms with Gasteiger partial charge in [-0.25, -0.2) is 19.6 Å². The van der Waals surface area contributed by atoms with Crippen molar-refractivity contribution in [3.05, 3.63) is 108 Å². The number of amides is 4. The zero-order valence-electron chi connectivity index (χ0n) is 34.7. The lowest BCUT2D eigenvalue weighted by atomic mass is 9.96. The molecule has 2 saturated heterocycles. The zero-order valence-corrected chi connectivity index (χ0v) is 34.7. The van der Waals surface area contributed by atoms with Crippen molar-refractivity contribution in [1.29, 1.82) is 0 Å². The molecule has 6 atom stereocenters. The first-order valence-electron chi connectivity index (χ1n) is 21.1. The van der Waals surface area contributed by atoms with Crippen molar-refractivity contribution >= 4 is 45.8 Å². The summed E-state index contributed by atoms with van der Waals surface area (Å²) in [5.41, 5.74) is 6.41. The number of rotatable bonds is 10. The van der Waals surface area contributed by atoms with E-state index in [-0.39, 0.29) is 41.8 Å². The molecule has 1 saturated carbocycles. The molecule has 1 aliphatic carbocycles. The van der Waals surface area contributed by atoms with Crippen LogP contribution in [-0.2, 0) is 19.1 Å². The summed E-state index contributed by atoms with van der Waals surface area (Å²) in [4.78, 5) is 73.2. The maximum atomic E-state index is 14.4. The Hall–Kier alpha value is -6.70. The van der Waals surface area contributed by atoms with Gasteiger partial charge in [-0.15, -0.1) is 0 Å². The van der Waals surface area contributed by atoms with E-state index in [1.54, 1.807) is 0 Å². The Morgan fingerprint density at radius 3 is 2.28 bits per heavy atom. The summed E-state index contributed by atoms with van der Waals surface area (Å²) in [6.45, 7) is 4.40. The summed E-state index contributed by atoms with van der Waals surface area (Å²) in [5, 5.41) is 7.56. The first kappa shape index (κ1) is 39.7. The fraction of sp³-hybridized carbons (Fsp3) is 0.362. The molecule has 9 rings (SSSR count). The predicted molar refractivity (Wildman–Crippen MR) is 230 cm³/mol. The molecule has 2 bridgehead atoms. The molecule has 0 radical (unpaired) electrons. The van der Waals surface area contributed by atoms with E-state index in [4.69, 9.17) is 19.4 Å². The highest BCUT2D eigenvalue weighted by Crippen LogP contribution is 2.51. The van der Waals surface area contributed by atoms with Crippen LogP contribution in [0.15, 0.2) is 91.1 Å². The van der Waals surface area contributed by atoms with Gasteiger partial charge in [0.25, 0.3) is 5.91 Å². The molecule has 4 N–H and O–H groups in total. The molecule has 2 aliphatic heterocycles. The molecule has 3 aliphatic rings. The molecule has 0 spiro atoms. The number of nitrogens with zero attached hydrogens (tertiary/aromatic N) is 4. The largest absolute Gasteiger partial charge is 0.453 e. The van der Waals surface area contributed by atoms with Gasteiger partial charge in [0.15, 0.2) is 0 Å². The van der Waals surface area contributed by atoms with Gasteiger partial charge in [0, 0.05) is 18.0 Å². The van der Waals surface area contributed by atoms with Crippen molar-refractivity contribution in [1.82, 2.24) is 40.4 Å². The highest BCUT2D eigenvalue weighted by Gasteiger charge is 2.51. The van der Waals surface area contributed by atoms with E-state index in [2.05, 4.69) is 75.2 Å². The number of likely N-dealkylation sites (tertiary alicyclic amines) is 2. The highest BCUT2D eigenvalue weighted by atomic mass is 16.5. The molecule has 2 aromatic heterocycles. The number of methoxy groups -OCH3 is 2. The van der Waals surface area contributed by atoms with E-state index in [1.807, 2.05) is 60.2 Å². The number of hydrogen-bond acceptors (Lipinski definition) is 8. The van der Waals surface area contributed by atoms with Crippen LogP contribution in [-0.4, -0.2) is 86.6 Å². The van der Waals surface area contributed by atoms with Crippen molar-refractivity contribution in [2.24, 2.45) is 11.8 Å². The van der Waals surface area contributed by atoms with E-state index in [1.165, 1.54) is 14.2 Å². The molecule has 3 fully saturated rings. The lowest BCUT2D eigenvalue weighted by Gasteiger charge is -2.36. The van der Waals surface area contributed by atoms with Crippen LogP contribution in [0.5, 0.6) is 0 Å². The van der Waals surface area contributed by atoms with Gasteiger partial charge in [0.05, 0.1) is 49.2 Å². The normalized spacial score (nSPS) is 20.6. The SMILES string of the molecule is COC(=O)N[C@H](C(=O)N1CCC[C@H]1c1ncc(-c2ccc(-c3ccc4c(ccc5[nH]c([C@@H]6[C@H]7CC[C@H](C7)N6C(=O)[C@H](NC(=O)OC)c6ccccc6)nc54)c3)cc2)[nH]1)C(C)C. The number of hydrogen-bond donors (Lipinski definition) is 4. The number of aromatic nitrogens is 4. The van der Waals surface area contributed by atoms with Crippen molar-refractivity contribution in [3.63, 3.8) is 0 Å². The quantitative estimate of drug-likeness (QED) is 0.108. The number of ether oxygens (including phenoxy) is 2. The summed E-state index contributed by atoms with van der Waals surface area (Å²) >= 11 is 0. The number of piperidine rings is 1. The molecule has 14 nitrogen and oxygen atoms in total. The highest BCUT2D eigenvalue weighted by molar-refractivity contribution is 6.05. The molecular weight excluding hydrogens is 773 g/mol. The molecule has 0 unspecified atom stereocenters. The molecular formula is C47H50N8O6. The van der Waals surface area contributed by atoms with Gasteiger partial charge in [0.2, 0.25) is 5.91 Å². The van der Waals surface area contributed by atoms with E-state index in [0.717, 1.165) is 87.9 Å². The number of alkyl carbamates (subject to hydrolysis) is 2. The minimum absolute atomic E-state index is 0.0663. The predicted octanol–water partition coefficient (Wildman–Crippen LogP) is 7.97. The number of fused-ring (bicyclic) bond motifs is 5. The summed E-state index contributed by atoms with van der Waals surface area (Å²) < 4.78 is 9.69. The van der Waals surface area contributed by atoms with Crippen molar-refractivity contribution in [2.75, 3.05) is 20.8 Å². The Balaban J connectivity index is 0.936. The average Bonchev–Trinajstić information content (AvgIpc) is 4.15. The second kappa shape index (κ2) is 16.4. The summed E-state index contributed by atoms with van der Waals surface area (Å²) in [6.07, 6.45) is 4.98. The van der Waals surface area contributed by atoms with Crippen LogP contribution in [0.3, 0.4) is 0 Å². The van der Waals surface area contributed by atoms with Gasteiger partial charge in [-0.3, -0.25) is 9.59 Å². The number of benzene rings is 4. The lowest BCUT2D eigenvalue weighted by Crippen LogP contribution is -2.51.